The highest BCUT2D eigenvalue weighted by molar-refractivity contribution is 7.14. The number of rotatable bonds is 3. The largest absolute Gasteiger partial charge is 0.478 e. The average Bonchev–Trinajstić information content (AvgIpc) is 2.76. The Morgan fingerprint density at radius 2 is 1.89 bits per heavy atom. The average molecular weight is 275 g/mol. The Kier molecular flexibility index (Phi) is 3.66. The lowest BCUT2D eigenvalue weighted by Crippen LogP contribution is -2.14. The maximum atomic E-state index is 12.1. The van der Waals surface area contributed by atoms with Crippen molar-refractivity contribution in [3.63, 3.8) is 0 Å². The van der Waals surface area contributed by atoms with Crippen LogP contribution >= 0.6 is 11.3 Å². The van der Waals surface area contributed by atoms with Gasteiger partial charge in [-0.1, -0.05) is 17.7 Å². The molecule has 2 rings (SSSR count). The van der Waals surface area contributed by atoms with E-state index in [1.165, 1.54) is 17.4 Å². The summed E-state index contributed by atoms with van der Waals surface area (Å²) < 4.78 is 0. The Hall–Kier alpha value is -2.14. The number of benzene rings is 1. The number of amides is 1. The first-order valence-corrected chi connectivity index (χ1v) is 6.56. The molecule has 1 heterocycles. The summed E-state index contributed by atoms with van der Waals surface area (Å²) in [4.78, 5) is 23.1. The van der Waals surface area contributed by atoms with Crippen LogP contribution in [0, 0.1) is 13.8 Å². The number of aryl methyl sites for hydroxylation is 2. The molecular weight excluding hydrogens is 262 g/mol. The van der Waals surface area contributed by atoms with E-state index in [1.807, 2.05) is 26.0 Å². The first-order chi connectivity index (χ1) is 8.99. The summed E-state index contributed by atoms with van der Waals surface area (Å²) in [5.41, 5.74) is 2.61. The van der Waals surface area contributed by atoms with Crippen LogP contribution in [0.2, 0.25) is 0 Å². The normalized spacial score (nSPS) is 10.2. The van der Waals surface area contributed by atoms with Gasteiger partial charge in [-0.15, -0.1) is 11.3 Å². The third-order valence-corrected chi connectivity index (χ3v) is 3.58. The molecule has 0 aliphatic heterocycles. The smallest absolute Gasteiger partial charge is 0.338 e. The molecule has 98 valence electrons. The molecule has 0 atom stereocenters. The van der Waals surface area contributed by atoms with E-state index in [4.69, 9.17) is 5.11 Å². The topological polar surface area (TPSA) is 66.4 Å². The van der Waals surface area contributed by atoms with Gasteiger partial charge in [0.05, 0.1) is 5.56 Å². The van der Waals surface area contributed by atoms with Gasteiger partial charge in [-0.05, 0) is 36.9 Å². The zero-order valence-corrected chi connectivity index (χ0v) is 11.4. The summed E-state index contributed by atoms with van der Waals surface area (Å²) in [5.74, 6) is -1.33. The van der Waals surface area contributed by atoms with Crippen molar-refractivity contribution >= 4 is 28.2 Å². The van der Waals surface area contributed by atoms with Crippen LogP contribution < -0.4 is 5.32 Å². The Balaban J connectivity index is 2.26. The molecule has 0 saturated heterocycles. The number of aromatic carboxylic acids is 1. The molecule has 19 heavy (non-hydrogen) atoms. The molecule has 0 bridgehead atoms. The van der Waals surface area contributed by atoms with E-state index in [2.05, 4.69) is 5.32 Å². The van der Waals surface area contributed by atoms with Crippen molar-refractivity contribution in [1.29, 1.82) is 0 Å². The highest BCUT2D eigenvalue weighted by Crippen LogP contribution is 2.24. The van der Waals surface area contributed by atoms with E-state index < -0.39 is 5.97 Å². The number of carboxylic acid groups (broad SMARTS) is 1. The summed E-state index contributed by atoms with van der Waals surface area (Å²) in [6.45, 7) is 3.81. The summed E-state index contributed by atoms with van der Waals surface area (Å²) >= 11 is 1.20. The van der Waals surface area contributed by atoms with Crippen molar-refractivity contribution in [2.24, 2.45) is 0 Å². The fourth-order valence-electron chi connectivity index (χ4n) is 1.81. The summed E-state index contributed by atoms with van der Waals surface area (Å²) in [5, 5.41) is 13.6. The number of thiophene rings is 1. The number of nitrogens with one attached hydrogen (secondary N) is 1. The van der Waals surface area contributed by atoms with Gasteiger partial charge in [-0.2, -0.15) is 0 Å². The zero-order valence-electron chi connectivity index (χ0n) is 10.6. The fraction of sp³-hybridized carbons (Fsp3) is 0.143. The van der Waals surface area contributed by atoms with E-state index in [1.54, 1.807) is 11.4 Å². The van der Waals surface area contributed by atoms with E-state index in [0.29, 0.717) is 10.6 Å². The fourth-order valence-corrected chi connectivity index (χ4v) is 2.59. The highest BCUT2D eigenvalue weighted by Gasteiger charge is 2.15. The predicted molar refractivity (Wildman–Crippen MR) is 75.1 cm³/mol. The number of hydrogen-bond acceptors (Lipinski definition) is 3. The van der Waals surface area contributed by atoms with Crippen molar-refractivity contribution < 1.29 is 14.7 Å². The quantitative estimate of drug-likeness (QED) is 0.903. The molecule has 2 N–H and O–H groups in total. The van der Waals surface area contributed by atoms with E-state index in [-0.39, 0.29) is 11.5 Å². The number of carbonyl (C=O) groups is 2. The first kappa shape index (κ1) is 13.3. The Bertz CT molecular complexity index is 646. The van der Waals surface area contributed by atoms with Crippen LogP contribution in [0.15, 0.2) is 29.6 Å². The van der Waals surface area contributed by atoms with Crippen LogP contribution in [0.25, 0.3) is 0 Å². The SMILES string of the molecule is Cc1ccc(C(=O)Nc2sccc2C(=O)O)c(C)c1. The molecule has 0 fully saturated rings. The highest BCUT2D eigenvalue weighted by atomic mass is 32.1. The Morgan fingerprint density at radius 3 is 2.53 bits per heavy atom. The van der Waals surface area contributed by atoms with Gasteiger partial charge in [0.2, 0.25) is 0 Å². The van der Waals surface area contributed by atoms with Gasteiger partial charge in [-0.25, -0.2) is 4.79 Å². The summed E-state index contributed by atoms with van der Waals surface area (Å²) in [6.07, 6.45) is 0. The summed E-state index contributed by atoms with van der Waals surface area (Å²) in [6, 6.07) is 6.99. The third-order valence-electron chi connectivity index (χ3n) is 2.75. The molecule has 0 aliphatic carbocycles. The van der Waals surface area contributed by atoms with Crippen molar-refractivity contribution in [3.05, 3.63) is 51.9 Å². The molecule has 0 spiro atoms. The molecular formula is C14H13NO3S. The van der Waals surface area contributed by atoms with E-state index >= 15 is 0 Å². The Morgan fingerprint density at radius 1 is 1.16 bits per heavy atom. The monoisotopic (exact) mass is 275 g/mol. The molecule has 2 aromatic rings. The van der Waals surface area contributed by atoms with Crippen LogP contribution in [0.4, 0.5) is 5.00 Å². The van der Waals surface area contributed by atoms with Crippen molar-refractivity contribution in [2.45, 2.75) is 13.8 Å². The minimum absolute atomic E-state index is 0.114. The molecule has 5 heteroatoms. The lowest BCUT2D eigenvalue weighted by atomic mass is 10.1. The molecule has 0 aliphatic rings. The van der Waals surface area contributed by atoms with Crippen molar-refractivity contribution in [1.82, 2.24) is 0 Å². The molecule has 0 radical (unpaired) electrons. The number of anilines is 1. The van der Waals surface area contributed by atoms with Gasteiger partial charge in [-0.3, -0.25) is 4.79 Å². The van der Waals surface area contributed by atoms with Crippen LogP contribution in [-0.4, -0.2) is 17.0 Å². The first-order valence-electron chi connectivity index (χ1n) is 5.68. The van der Waals surface area contributed by atoms with Gasteiger partial charge in [0.1, 0.15) is 5.00 Å². The molecule has 0 saturated carbocycles. The summed E-state index contributed by atoms with van der Waals surface area (Å²) in [7, 11) is 0. The second-order valence-corrected chi connectivity index (χ2v) is 5.16. The minimum atomic E-state index is -1.04. The minimum Gasteiger partial charge on any atom is -0.478 e. The van der Waals surface area contributed by atoms with Crippen LogP contribution in [0.3, 0.4) is 0 Å². The van der Waals surface area contributed by atoms with Crippen molar-refractivity contribution in [2.75, 3.05) is 5.32 Å². The van der Waals surface area contributed by atoms with Crippen LogP contribution in [-0.2, 0) is 0 Å². The third kappa shape index (κ3) is 2.82. The zero-order chi connectivity index (χ0) is 14.0. The second kappa shape index (κ2) is 5.24. The second-order valence-electron chi connectivity index (χ2n) is 4.24. The molecule has 1 aromatic heterocycles. The van der Waals surface area contributed by atoms with Gasteiger partial charge in [0.15, 0.2) is 0 Å². The van der Waals surface area contributed by atoms with Gasteiger partial charge < -0.3 is 10.4 Å². The van der Waals surface area contributed by atoms with E-state index in [9.17, 15) is 9.59 Å². The molecule has 1 aromatic carbocycles. The molecule has 1 amide bonds. The van der Waals surface area contributed by atoms with Gasteiger partial charge in [0.25, 0.3) is 5.91 Å². The van der Waals surface area contributed by atoms with Crippen LogP contribution in [0.5, 0.6) is 0 Å². The maximum Gasteiger partial charge on any atom is 0.338 e. The number of carbonyl (C=O) groups excluding carboxylic acids is 1. The Labute approximate surface area is 114 Å². The standard InChI is InChI=1S/C14H13NO3S/c1-8-3-4-10(9(2)7-8)12(16)15-13-11(14(17)18)5-6-19-13/h3-7H,1-2H3,(H,15,16)(H,17,18). The van der Waals surface area contributed by atoms with Crippen LogP contribution in [0.1, 0.15) is 31.8 Å². The predicted octanol–water partition coefficient (Wildman–Crippen LogP) is 3.32. The lowest BCUT2D eigenvalue weighted by Gasteiger charge is -2.07. The molecule has 0 unspecified atom stereocenters. The van der Waals surface area contributed by atoms with Crippen molar-refractivity contribution in [3.8, 4) is 0 Å². The maximum absolute atomic E-state index is 12.1. The lowest BCUT2D eigenvalue weighted by molar-refractivity contribution is 0.0698. The number of hydrogen-bond donors (Lipinski definition) is 2. The van der Waals surface area contributed by atoms with E-state index in [0.717, 1.165) is 11.1 Å². The van der Waals surface area contributed by atoms with Gasteiger partial charge >= 0.3 is 5.97 Å². The number of carboxylic acids is 1. The van der Waals surface area contributed by atoms with Gasteiger partial charge in [0, 0.05) is 5.56 Å². The molecule has 4 nitrogen and oxygen atoms in total.